The van der Waals surface area contributed by atoms with Gasteiger partial charge in [0, 0.05) is 37.5 Å². The van der Waals surface area contributed by atoms with Crippen LogP contribution in [0.5, 0.6) is 5.75 Å². The maximum absolute atomic E-state index is 13.1. The summed E-state index contributed by atoms with van der Waals surface area (Å²) in [4.78, 5) is 42.2. The van der Waals surface area contributed by atoms with Gasteiger partial charge in [0.1, 0.15) is 17.9 Å². The zero-order valence-corrected chi connectivity index (χ0v) is 19.8. The molecule has 1 unspecified atom stereocenters. The average molecular weight is 462 g/mol. The van der Waals surface area contributed by atoms with Crippen LogP contribution in [0, 0.1) is 13.8 Å². The first-order valence-electron chi connectivity index (χ1n) is 12.1. The smallest absolute Gasteiger partial charge is 0.255 e. The minimum Gasteiger partial charge on any atom is -0.490 e. The number of nitrogens with zero attached hydrogens (tertiary/aromatic N) is 2. The molecule has 0 radical (unpaired) electrons. The molecule has 178 valence electrons. The van der Waals surface area contributed by atoms with Gasteiger partial charge in [0.2, 0.25) is 11.8 Å². The number of nitrogens with one attached hydrogen (secondary N) is 1. The fourth-order valence-electron chi connectivity index (χ4n) is 4.91. The molecule has 0 bridgehead atoms. The first kappa shape index (κ1) is 22.4. The lowest BCUT2D eigenvalue weighted by Gasteiger charge is -2.32. The minimum atomic E-state index is -0.652. The largest absolute Gasteiger partial charge is 0.490 e. The number of likely N-dealkylation sites (tertiary alicyclic amines) is 1. The number of benzene rings is 2. The van der Waals surface area contributed by atoms with Crippen molar-refractivity contribution in [1.29, 1.82) is 0 Å². The van der Waals surface area contributed by atoms with Crippen molar-refractivity contribution in [3.05, 3.63) is 64.7 Å². The van der Waals surface area contributed by atoms with Crippen LogP contribution in [0.2, 0.25) is 0 Å². The predicted octanol–water partition coefficient (Wildman–Crippen LogP) is 3.15. The van der Waals surface area contributed by atoms with Gasteiger partial charge in [0.05, 0.1) is 6.54 Å². The van der Waals surface area contributed by atoms with E-state index < -0.39 is 6.04 Å². The van der Waals surface area contributed by atoms with E-state index in [4.69, 9.17) is 4.74 Å². The molecular formula is C27H31N3O4. The standard InChI is InChI=1S/C27H31N3O4/c1-17-7-10-21(15-18(17)2)34-20-11-13-29(14-12-20)24(31)16-28-26(32)25-22-5-3-4-6-23(22)27(33)30(25)19-8-9-19/h3-7,10,15,19-20,25H,8-9,11-14,16H2,1-2H3,(H,28,32). The van der Waals surface area contributed by atoms with E-state index in [1.165, 1.54) is 11.1 Å². The van der Waals surface area contributed by atoms with Crippen molar-refractivity contribution in [3.8, 4) is 5.75 Å². The molecule has 7 heteroatoms. The van der Waals surface area contributed by atoms with E-state index in [2.05, 4.69) is 31.3 Å². The van der Waals surface area contributed by atoms with Gasteiger partial charge >= 0.3 is 0 Å². The zero-order valence-electron chi connectivity index (χ0n) is 19.8. The van der Waals surface area contributed by atoms with Crippen LogP contribution in [0.1, 0.15) is 58.8 Å². The van der Waals surface area contributed by atoms with Crippen molar-refractivity contribution in [2.45, 2.75) is 57.7 Å². The van der Waals surface area contributed by atoms with Crippen molar-refractivity contribution < 1.29 is 19.1 Å². The molecule has 2 aromatic rings. The number of amides is 3. The Labute approximate surface area is 200 Å². The van der Waals surface area contributed by atoms with Crippen molar-refractivity contribution in [3.63, 3.8) is 0 Å². The number of hydrogen-bond donors (Lipinski definition) is 1. The van der Waals surface area contributed by atoms with Crippen molar-refractivity contribution >= 4 is 17.7 Å². The van der Waals surface area contributed by atoms with E-state index in [1.807, 2.05) is 24.3 Å². The fraction of sp³-hybridized carbons (Fsp3) is 0.444. The van der Waals surface area contributed by atoms with Crippen LogP contribution >= 0.6 is 0 Å². The number of carbonyl (C=O) groups is 3. The van der Waals surface area contributed by atoms with Crippen LogP contribution in [0.4, 0.5) is 0 Å². The Kier molecular flexibility index (Phi) is 6.02. The maximum Gasteiger partial charge on any atom is 0.255 e. The normalized spacial score (nSPS) is 20.3. The summed E-state index contributed by atoms with van der Waals surface area (Å²) >= 11 is 0. The molecule has 2 heterocycles. The molecule has 1 N–H and O–H groups in total. The summed E-state index contributed by atoms with van der Waals surface area (Å²) in [6, 6.07) is 12.8. The molecule has 1 aliphatic carbocycles. The average Bonchev–Trinajstić information content (AvgIpc) is 3.64. The monoisotopic (exact) mass is 461 g/mol. The van der Waals surface area contributed by atoms with Gasteiger partial charge in [-0.15, -0.1) is 0 Å². The lowest BCUT2D eigenvalue weighted by Crippen LogP contribution is -2.48. The number of aryl methyl sites for hydroxylation is 2. The lowest BCUT2D eigenvalue weighted by atomic mass is 10.0. The summed E-state index contributed by atoms with van der Waals surface area (Å²) in [5.74, 6) is 0.391. The highest BCUT2D eigenvalue weighted by Gasteiger charge is 2.47. The van der Waals surface area contributed by atoms with E-state index in [1.54, 1.807) is 15.9 Å². The molecule has 1 saturated heterocycles. The lowest BCUT2D eigenvalue weighted by molar-refractivity contribution is -0.135. The van der Waals surface area contributed by atoms with Gasteiger partial charge in [0.15, 0.2) is 0 Å². The topological polar surface area (TPSA) is 79.0 Å². The maximum atomic E-state index is 13.1. The highest BCUT2D eigenvalue weighted by molar-refractivity contribution is 6.05. The molecule has 0 aromatic heterocycles. The molecule has 34 heavy (non-hydrogen) atoms. The first-order valence-corrected chi connectivity index (χ1v) is 12.1. The number of ether oxygens (including phenoxy) is 1. The zero-order chi connectivity index (χ0) is 23.8. The summed E-state index contributed by atoms with van der Waals surface area (Å²) in [5, 5.41) is 2.80. The summed E-state index contributed by atoms with van der Waals surface area (Å²) in [5.41, 5.74) is 3.76. The van der Waals surface area contributed by atoms with Crippen molar-refractivity contribution in [2.75, 3.05) is 19.6 Å². The third-order valence-corrected chi connectivity index (χ3v) is 7.18. The van der Waals surface area contributed by atoms with E-state index in [0.29, 0.717) is 18.7 Å². The molecule has 2 aliphatic heterocycles. The van der Waals surface area contributed by atoms with Crippen LogP contribution in [-0.4, -0.2) is 59.3 Å². The molecule has 2 aromatic carbocycles. The van der Waals surface area contributed by atoms with Crippen LogP contribution in [0.15, 0.2) is 42.5 Å². The summed E-state index contributed by atoms with van der Waals surface area (Å²) in [7, 11) is 0. The SMILES string of the molecule is Cc1ccc(OC2CCN(C(=O)CNC(=O)C3c4ccccc4C(=O)N3C3CC3)CC2)cc1C. The second-order valence-electron chi connectivity index (χ2n) is 9.60. The Morgan fingerprint density at radius 1 is 1.00 bits per heavy atom. The number of hydrogen-bond acceptors (Lipinski definition) is 4. The third-order valence-electron chi connectivity index (χ3n) is 7.18. The van der Waals surface area contributed by atoms with Gasteiger partial charge in [-0.3, -0.25) is 14.4 Å². The molecule has 7 nitrogen and oxygen atoms in total. The van der Waals surface area contributed by atoms with E-state index in [0.717, 1.165) is 37.0 Å². The van der Waals surface area contributed by atoms with Crippen molar-refractivity contribution in [2.24, 2.45) is 0 Å². The highest BCUT2D eigenvalue weighted by Crippen LogP contribution is 2.41. The molecule has 1 atom stereocenters. The Hall–Kier alpha value is -3.35. The van der Waals surface area contributed by atoms with Gasteiger partial charge in [-0.1, -0.05) is 24.3 Å². The van der Waals surface area contributed by atoms with Gasteiger partial charge in [-0.2, -0.15) is 0 Å². The summed E-state index contributed by atoms with van der Waals surface area (Å²) < 4.78 is 6.12. The van der Waals surface area contributed by atoms with Gasteiger partial charge in [-0.05, 0) is 61.6 Å². The molecule has 0 spiro atoms. The molecule has 3 amide bonds. The van der Waals surface area contributed by atoms with E-state index in [9.17, 15) is 14.4 Å². The number of carbonyl (C=O) groups excluding carboxylic acids is 3. The molecular weight excluding hydrogens is 430 g/mol. The van der Waals surface area contributed by atoms with Crippen LogP contribution < -0.4 is 10.1 Å². The second-order valence-corrected chi connectivity index (χ2v) is 9.60. The fourth-order valence-corrected chi connectivity index (χ4v) is 4.91. The first-order chi connectivity index (χ1) is 16.4. The predicted molar refractivity (Wildman–Crippen MR) is 128 cm³/mol. The Balaban J connectivity index is 1.14. The number of rotatable bonds is 6. The number of fused-ring (bicyclic) bond motifs is 1. The Morgan fingerprint density at radius 3 is 2.44 bits per heavy atom. The molecule has 5 rings (SSSR count). The highest BCUT2D eigenvalue weighted by atomic mass is 16.5. The molecule has 1 saturated carbocycles. The Bertz CT molecular complexity index is 1120. The summed E-state index contributed by atoms with van der Waals surface area (Å²) in [6.07, 6.45) is 3.43. The van der Waals surface area contributed by atoms with Gasteiger partial charge in [-0.25, -0.2) is 0 Å². The molecule has 2 fully saturated rings. The van der Waals surface area contributed by atoms with Crippen molar-refractivity contribution in [1.82, 2.24) is 15.1 Å². The summed E-state index contributed by atoms with van der Waals surface area (Å²) in [6.45, 7) is 5.29. The second kappa shape index (κ2) is 9.12. The van der Waals surface area contributed by atoms with E-state index in [-0.39, 0.29) is 36.4 Å². The van der Waals surface area contributed by atoms with Crippen LogP contribution in [0.3, 0.4) is 0 Å². The van der Waals surface area contributed by atoms with Crippen LogP contribution in [-0.2, 0) is 9.59 Å². The minimum absolute atomic E-state index is 0.0626. The Morgan fingerprint density at radius 2 is 1.74 bits per heavy atom. The van der Waals surface area contributed by atoms with Crippen LogP contribution in [0.25, 0.3) is 0 Å². The van der Waals surface area contributed by atoms with Gasteiger partial charge < -0.3 is 19.9 Å². The van der Waals surface area contributed by atoms with Gasteiger partial charge in [0.25, 0.3) is 5.91 Å². The van der Waals surface area contributed by atoms with E-state index >= 15 is 0 Å². The number of piperidine rings is 1. The third kappa shape index (κ3) is 4.39. The molecule has 3 aliphatic rings. The quantitative estimate of drug-likeness (QED) is 0.717.